The summed E-state index contributed by atoms with van der Waals surface area (Å²) in [6.07, 6.45) is 0. The molecule has 0 atom stereocenters. The van der Waals surface area contributed by atoms with E-state index < -0.39 is 5.60 Å². The van der Waals surface area contributed by atoms with Crippen molar-refractivity contribution in [1.29, 1.82) is 0 Å². The van der Waals surface area contributed by atoms with E-state index in [1.807, 2.05) is 48.5 Å². The molecule has 0 bridgehead atoms. The highest BCUT2D eigenvalue weighted by molar-refractivity contribution is 9.10. The maximum atomic E-state index is 12.6. The molecule has 0 unspecified atom stereocenters. The molecule has 1 heterocycles. The number of morpholine rings is 1. The number of hydrogen-bond donors (Lipinski definition) is 1. The fraction of sp³-hybridized carbons (Fsp3) is 0.350. The van der Waals surface area contributed by atoms with Crippen LogP contribution >= 0.6 is 15.9 Å². The van der Waals surface area contributed by atoms with Crippen LogP contribution in [0, 0.1) is 0 Å². The number of ether oxygens (including phenoxy) is 2. The molecule has 1 aliphatic rings. The van der Waals surface area contributed by atoms with Gasteiger partial charge < -0.3 is 19.7 Å². The summed E-state index contributed by atoms with van der Waals surface area (Å²) in [6, 6.07) is 15.3. The van der Waals surface area contributed by atoms with Crippen molar-refractivity contribution in [3.8, 4) is 5.75 Å². The molecular weight excluding hydrogens is 396 g/mol. The van der Waals surface area contributed by atoms with Gasteiger partial charge in [0, 0.05) is 28.9 Å². The maximum Gasteiger partial charge on any atom is 0.267 e. The van der Waals surface area contributed by atoms with Crippen LogP contribution in [0.15, 0.2) is 53.0 Å². The first-order valence-corrected chi connectivity index (χ1v) is 9.42. The standard InChI is InChI=1S/C20H23BrN2O3/c1-20(2,26-18-9-3-15(21)4-10-18)19(24)22-16-5-7-17(8-6-16)23-11-13-25-14-12-23/h3-10H,11-14H2,1-2H3,(H,22,24). The van der Waals surface area contributed by atoms with Crippen LogP contribution < -0.4 is 15.0 Å². The lowest BCUT2D eigenvalue weighted by Crippen LogP contribution is -2.42. The molecule has 1 fully saturated rings. The van der Waals surface area contributed by atoms with Gasteiger partial charge in [-0.1, -0.05) is 15.9 Å². The molecule has 1 amide bonds. The Hall–Kier alpha value is -2.05. The normalized spacial score (nSPS) is 14.8. The lowest BCUT2D eigenvalue weighted by Gasteiger charge is -2.29. The number of nitrogens with one attached hydrogen (secondary N) is 1. The first kappa shape index (κ1) is 18.7. The van der Waals surface area contributed by atoms with E-state index in [0.29, 0.717) is 5.75 Å². The van der Waals surface area contributed by atoms with Gasteiger partial charge in [0.1, 0.15) is 5.75 Å². The number of carbonyl (C=O) groups is 1. The highest BCUT2D eigenvalue weighted by atomic mass is 79.9. The van der Waals surface area contributed by atoms with Crippen molar-refractivity contribution in [1.82, 2.24) is 0 Å². The minimum absolute atomic E-state index is 0.195. The average Bonchev–Trinajstić information content (AvgIpc) is 2.65. The van der Waals surface area contributed by atoms with Gasteiger partial charge in [-0.2, -0.15) is 0 Å². The Morgan fingerprint density at radius 3 is 2.31 bits per heavy atom. The van der Waals surface area contributed by atoms with E-state index in [4.69, 9.17) is 9.47 Å². The van der Waals surface area contributed by atoms with Crippen LogP contribution in [-0.4, -0.2) is 37.8 Å². The molecule has 0 spiro atoms. The molecule has 26 heavy (non-hydrogen) atoms. The van der Waals surface area contributed by atoms with Crippen molar-refractivity contribution in [3.63, 3.8) is 0 Å². The third kappa shape index (κ3) is 4.77. The van der Waals surface area contributed by atoms with Gasteiger partial charge in [0.25, 0.3) is 5.91 Å². The molecule has 5 nitrogen and oxygen atoms in total. The topological polar surface area (TPSA) is 50.8 Å². The molecule has 6 heteroatoms. The van der Waals surface area contributed by atoms with E-state index in [0.717, 1.165) is 42.2 Å². The summed E-state index contributed by atoms with van der Waals surface area (Å²) < 4.78 is 12.2. The highest BCUT2D eigenvalue weighted by Crippen LogP contribution is 2.23. The molecular formula is C20H23BrN2O3. The Balaban J connectivity index is 1.61. The van der Waals surface area contributed by atoms with Crippen molar-refractivity contribution in [2.24, 2.45) is 0 Å². The maximum absolute atomic E-state index is 12.6. The molecule has 3 rings (SSSR count). The second-order valence-electron chi connectivity index (χ2n) is 6.67. The van der Waals surface area contributed by atoms with Crippen LogP contribution in [0.2, 0.25) is 0 Å². The van der Waals surface area contributed by atoms with Gasteiger partial charge in [-0.25, -0.2) is 0 Å². The Kier molecular flexibility index (Phi) is 5.84. The van der Waals surface area contributed by atoms with Crippen LogP contribution in [-0.2, 0) is 9.53 Å². The fourth-order valence-electron chi connectivity index (χ4n) is 2.70. The van der Waals surface area contributed by atoms with Crippen LogP contribution in [0.4, 0.5) is 11.4 Å². The predicted octanol–water partition coefficient (Wildman–Crippen LogP) is 4.08. The molecule has 1 saturated heterocycles. The van der Waals surface area contributed by atoms with Gasteiger partial charge in [-0.15, -0.1) is 0 Å². The largest absolute Gasteiger partial charge is 0.478 e. The molecule has 2 aromatic carbocycles. The molecule has 2 aromatic rings. The van der Waals surface area contributed by atoms with Crippen molar-refractivity contribution in [3.05, 3.63) is 53.0 Å². The van der Waals surface area contributed by atoms with Gasteiger partial charge in [0.05, 0.1) is 13.2 Å². The Morgan fingerprint density at radius 1 is 1.08 bits per heavy atom. The predicted molar refractivity (Wildman–Crippen MR) is 107 cm³/mol. The first-order valence-electron chi connectivity index (χ1n) is 8.63. The van der Waals surface area contributed by atoms with Crippen LogP contribution in [0.25, 0.3) is 0 Å². The zero-order chi connectivity index (χ0) is 18.6. The second kappa shape index (κ2) is 8.10. The summed E-state index contributed by atoms with van der Waals surface area (Å²) in [7, 11) is 0. The number of rotatable bonds is 5. The number of anilines is 2. The molecule has 0 saturated carbocycles. The van der Waals surface area contributed by atoms with E-state index in [1.54, 1.807) is 13.8 Å². The Bertz CT molecular complexity index is 739. The monoisotopic (exact) mass is 418 g/mol. The quantitative estimate of drug-likeness (QED) is 0.794. The van der Waals surface area contributed by atoms with E-state index in [1.165, 1.54) is 0 Å². The summed E-state index contributed by atoms with van der Waals surface area (Å²) in [5, 5.41) is 2.93. The van der Waals surface area contributed by atoms with E-state index in [9.17, 15) is 4.79 Å². The molecule has 0 radical (unpaired) electrons. The van der Waals surface area contributed by atoms with Crippen LogP contribution in [0.3, 0.4) is 0 Å². The lowest BCUT2D eigenvalue weighted by molar-refractivity contribution is -0.128. The SMILES string of the molecule is CC(C)(Oc1ccc(Br)cc1)C(=O)Nc1ccc(N2CCOCC2)cc1. The average molecular weight is 419 g/mol. The van der Waals surface area contributed by atoms with Crippen molar-refractivity contribution >= 4 is 33.2 Å². The summed E-state index contributed by atoms with van der Waals surface area (Å²) in [5.74, 6) is 0.454. The minimum Gasteiger partial charge on any atom is -0.478 e. The third-order valence-corrected chi connectivity index (χ3v) is 4.76. The van der Waals surface area contributed by atoms with Gasteiger partial charge in [-0.3, -0.25) is 4.79 Å². The first-order chi connectivity index (χ1) is 12.4. The summed E-state index contributed by atoms with van der Waals surface area (Å²) in [6.45, 7) is 6.79. The van der Waals surface area contributed by atoms with Crippen molar-refractivity contribution < 1.29 is 14.3 Å². The van der Waals surface area contributed by atoms with E-state index >= 15 is 0 Å². The van der Waals surface area contributed by atoms with Gasteiger partial charge in [-0.05, 0) is 62.4 Å². The molecule has 1 aliphatic heterocycles. The summed E-state index contributed by atoms with van der Waals surface area (Å²) >= 11 is 3.39. The van der Waals surface area contributed by atoms with Crippen LogP contribution in [0.1, 0.15) is 13.8 Å². The smallest absolute Gasteiger partial charge is 0.267 e. The Morgan fingerprint density at radius 2 is 1.69 bits per heavy atom. The number of carbonyl (C=O) groups excluding carboxylic acids is 1. The van der Waals surface area contributed by atoms with Gasteiger partial charge in [0.2, 0.25) is 0 Å². The zero-order valence-corrected chi connectivity index (χ0v) is 16.6. The fourth-order valence-corrected chi connectivity index (χ4v) is 2.97. The molecule has 0 aliphatic carbocycles. The van der Waals surface area contributed by atoms with Crippen molar-refractivity contribution in [2.75, 3.05) is 36.5 Å². The number of amides is 1. The number of nitrogens with zero attached hydrogens (tertiary/aromatic N) is 1. The summed E-state index contributed by atoms with van der Waals surface area (Å²) in [5.41, 5.74) is 0.896. The van der Waals surface area contributed by atoms with E-state index in [2.05, 4.69) is 26.1 Å². The zero-order valence-electron chi connectivity index (χ0n) is 15.0. The third-order valence-electron chi connectivity index (χ3n) is 4.23. The lowest BCUT2D eigenvalue weighted by atomic mass is 10.1. The van der Waals surface area contributed by atoms with Gasteiger partial charge in [0.15, 0.2) is 5.60 Å². The minimum atomic E-state index is -0.989. The van der Waals surface area contributed by atoms with Gasteiger partial charge >= 0.3 is 0 Å². The number of halogens is 1. The second-order valence-corrected chi connectivity index (χ2v) is 7.58. The van der Waals surface area contributed by atoms with Crippen LogP contribution in [0.5, 0.6) is 5.75 Å². The number of benzene rings is 2. The summed E-state index contributed by atoms with van der Waals surface area (Å²) in [4.78, 5) is 14.9. The highest BCUT2D eigenvalue weighted by Gasteiger charge is 2.30. The number of hydrogen-bond acceptors (Lipinski definition) is 4. The van der Waals surface area contributed by atoms with Crippen molar-refractivity contribution in [2.45, 2.75) is 19.4 Å². The molecule has 1 N–H and O–H groups in total. The molecule has 138 valence electrons. The van der Waals surface area contributed by atoms with E-state index in [-0.39, 0.29) is 5.91 Å². The Labute approximate surface area is 162 Å². The molecule has 0 aromatic heterocycles.